The number of likely N-dealkylation sites (N-methyl/N-ethyl adjacent to an activating group) is 1. The molecule has 12 heteroatoms. The van der Waals surface area contributed by atoms with Gasteiger partial charge in [-0.25, -0.2) is 9.19 Å². The maximum absolute atomic E-state index is 13.4. The minimum absolute atomic E-state index is 0.00353. The second-order valence-electron chi connectivity index (χ2n) is 11.7. The van der Waals surface area contributed by atoms with Crippen LogP contribution in [0.3, 0.4) is 0 Å². The van der Waals surface area contributed by atoms with Gasteiger partial charge in [-0.15, -0.1) is 11.3 Å². The van der Waals surface area contributed by atoms with Crippen molar-refractivity contribution in [1.82, 2.24) is 24.8 Å². The van der Waals surface area contributed by atoms with Crippen LogP contribution in [-0.2, 0) is 27.0 Å². The third-order valence-corrected chi connectivity index (χ3v) is 9.59. The van der Waals surface area contributed by atoms with Crippen LogP contribution in [0.15, 0.2) is 34.5 Å². The Morgan fingerprint density at radius 2 is 1.80 bits per heavy atom. The van der Waals surface area contributed by atoms with Crippen LogP contribution in [0.5, 0.6) is 0 Å². The van der Waals surface area contributed by atoms with Crippen molar-refractivity contribution in [3.05, 3.63) is 40.3 Å². The molecule has 0 spiro atoms. The molecule has 4 atom stereocenters. The maximum Gasteiger partial charge on any atom is 0.282 e. The Kier molecular flexibility index (Phi) is 16.0. The minimum atomic E-state index is -1.72. The topological polar surface area (TPSA) is 138 Å². The Balaban J connectivity index is 0.00000216. The Bertz CT molecular complexity index is 1220. The second kappa shape index (κ2) is 18.9. The molecule has 4 unspecified atom stereocenters. The van der Waals surface area contributed by atoms with Crippen molar-refractivity contribution in [2.45, 2.75) is 110 Å². The highest BCUT2D eigenvalue weighted by Gasteiger charge is 2.35. The first-order valence-corrected chi connectivity index (χ1v) is 17.8. The van der Waals surface area contributed by atoms with Crippen LogP contribution in [0.2, 0.25) is 0 Å². The first-order valence-electron chi connectivity index (χ1n) is 15.8. The Morgan fingerprint density at radius 1 is 1.14 bits per heavy atom. The molecular formula is C32H52N6O4S2. The fourth-order valence-electron chi connectivity index (χ4n) is 4.92. The number of likely N-dealkylation sites (tertiary alicyclic amines) is 1. The van der Waals surface area contributed by atoms with Gasteiger partial charge in [-0.1, -0.05) is 47.0 Å². The van der Waals surface area contributed by atoms with Gasteiger partial charge < -0.3 is 16.0 Å². The molecule has 1 fully saturated rings. The second-order valence-corrected chi connectivity index (χ2v) is 13.8. The zero-order valence-electron chi connectivity index (χ0n) is 27.4. The number of nitrogens with zero attached hydrogens (tertiary/aromatic N) is 3. The lowest BCUT2D eigenvalue weighted by Gasteiger charge is -2.38. The average molecular weight is 649 g/mol. The van der Waals surface area contributed by atoms with Gasteiger partial charge in [-0.2, -0.15) is 0 Å². The molecule has 1 aliphatic heterocycles. The van der Waals surface area contributed by atoms with Gasteiger partial charge in [0.1, 0.15) is 11.7 Å². The summed E-state index contributed by atoms with van der Waals surface area (Å²) in [6.07, 6.45) is 6.18. The molecule has 2 heterocycles. The van der Waals surface area contributed by atoms with Crippen molar-refractivity contribution in [3.63, 3.8) is 0 Å². The number of aryl methyl sites for hydroxylation is 1. The van der Waals surface area contributed by atoms with Crippen molar-refractivity contribution in [2.24, 2.45) is 5.92 Å². The molecule has 0 saturated carbocycles. The van der Waals surface area contributed by atoms with Crippen LogP contribution in [0.1, 0.15) is 95.6 Å². The molecule has 2 aromatic rings. The van der Waals surface area contributed by atoms with E-state index in [1.165, 1.54) is 17.8 Å². The Hall–Kier alpha value is -2.83. The van der Waals surface area contributed by atoms with Gasteiger partial charge in [0.2, 0.25) is 11.8 Å². The van der Waals surface area contributed by atoms with Crippen molar-refractivity contribution in [3.8, 4) is 0 Å². The van der Waals surface area contributed by atoms with Crippen molar-refractivity contribution < 1.29 is 18.6 Å². The predicted molar refractivity (Wildman–Crippen MR) is 180 cm³/mol. The van der Waals surface area contributed by atoms with Crippen LogP contribution < -0.4 is 15.8 Å². The van der Waals surface area contributed by atoms with Crippen LogP contribution >= 0.6 is 11.3 Å². The van der Waals surface area contributed by atoms with Crippen molar-refractivity contribution in [1.29, 1.82) is 0 Å². The molecule has 246 valence electrons. The Morgan fingerprint density at radius 3 is 2.41 bits per heavy atom. The summed E-state index contributed by atoms with van der Waals surface area (Å²) in [5.41, 5.74) is 6.41. The number of aromatic nitrogens is 1. The smallest absolute Gasteiger partial charge is 0.282 e. The number of benzene rings is 1. The summed E-state index contributed by atoms with van der Waals surface area (Å²) in [7, 11) is 0.0446. The molecule has 0 aliphatic carbocycles. The number of hydrogen-bond acceptors (Lipinski definition) is 8. The summed E-state index contributed by atoms with van der Waals surface area (Å²) in [6, 6.07) is 5.94. The van der Waals surface area contributed by atoms with Gasteiger partial charge in [0, 0.05) is 37.1 Å². The molecular weight excluding hydrogens is 597 g/mol. The van der Waals surface area contributed by atoms with E-state index in [1.54, 1.807) is 41.6 Å². The molecule has 0 bridgehead atoms. The molecule has 0 radical (unpaired) electrons. The highest BCUT2D eigenvalue weighted by Crippen LogP contribution is 2.21. The number of carbonyl (C=O) groups is 3. The first-order chi connectivity index (χ1) is 20.9. The van der Waals surface area contributed by atoms with Gasteiger partial charge in [-0.05, 0) is 69.8 Å². The van der Waals surface area contributed by atoms with Crippen LogP contribution in [-0.4, -0.2) is 75.0 Å². The van der Waals surface area contributed by atoms with E-state index in [1.807, 2.05) is 13.8 Å². The number of carbonyl (C=O) groups excluding carboxylic acids is 3. The zero-order valence-corrected chi connectivity index (χ0v) is 29.1. The van der Waals surface area contributed by atoms with Crippen molar-refractivity contribution in [2.75, 3.05) is 25.9 Å². The van der Waals surface area contributed by atoms with Gasteiger partial charge in [-0.3, -0.25) is 24.0 Å². The number of piperidine rings is 1. The van der Waals surface area contributed by atoms with E-state index in [2.05, 4.69) is 47.6 Å². The van der Waals surface area contributed by atoms with E-state index in [0.29, 0.717) is 30.0 Å². The molecule has 1 aromatic heterocycles. The van der Waals surface area contributed by atoms with E-state index < -0.39 is 22.9 Å². The SMILES string of the molecule is CCC.CCC(C)C(NC(=O)C1CCCCN1C(C)C)C(=O)N(C)CCCc1nc(C(=O)NS(=O)c2ccc(N)cc2)cs1. The van der Waals surface area contributed by atoms with E-state index in [4.69, 9.17) is 5.73 Å². The molecule has 3 amide bonds. The number of thiazole rings is 1. The number of nitrogens with one attached hydrogen (secondary N) is 2. The molecule has 44 heavy (non-hydrogen) atoms. The normalized spacial score (nSPS) is 17.1. The summed E-state index contributed by atoms with van der Waals surface area (Å²) >= 11 is 1.35. The lowest BCUT2D eigenvalue weighted by Crippen LogP contribution is -2.58. The van der Waals surface area contributed by atoms with Crippen LogP contribution in [0.25, 0.3) is 0 Å². The number of nitrogens with two attached hydrogens (primary N) is 1. The average Bonchev–Trinajstić information content (AvgIpc) is 3.48. The van der Waals surface area contributed by atoms with E-state index >= 15 is 0 Å². The van der Waals surface area contributed by atoms with Gasteiger partial charge in [0.05, 0.1) is 15.9 Å². The monoisotopic (exact) mass is 648 g/mol. The maximum atomic E-state index is 13.4. The van der Waals surface area contributed by atoms with Gasteiger partial charge >= 0.3 is 0 Å². The molecule has 1 saturated heterocycles. The number of amides is 3. The number of nitrogen functional groups attached to an aromatic ring is 1. The van der Waals surface area contributed by atoms with Crippen molar-refractivity contribution >= 4 is 45.7 Å². The minimum Gasteiger partial charge on any atom is -0.399 e. The number of hydrogen-bond donors (Lipinski definition) is 3. The molecule has 10 nitrogen and oxygen atoms in total. The van der Waals surface area contributed by atoms with Gasteiger partial charge in [0.15, 0.2) is 11.0 Å². The van der Waals surface area contributed by atoms with E-state index in [9.17, 15) is 18.6 Å². The molecule has 3 rings (SSSR count). The Labute approximate surface area is 270 Å². The fourth-order valence-corrected chi connectivity index (χ4v) is 6.51. The summed E-state index contributed by atoms with van der Waals surface area (Å²) in [4.78, 5) is 48.0. The number of anilines is 1. The van der Waals surface area contributed by atoms with Gasteiger partial charge in [0.25, 0.3) is 5.91 Å². The van der Waals surface area contributed by atoms with E-state index in [0.717, 1.165) is 37.2 Å². The summed E-state index contributed by atoms with van der Waals surface area (Å²) in [5, 5.41) is 5.49. The highest BCUT2D eigenvalue weighted by atomic mass is 32.2. The standard InChI is InChI=1S/C29H44N6O4S2.C3H8/c1-6-20(4)26(32-28(37)24-10-7-8-17-35(24)19(2)3)29(38)34(5)16-9-11-25-31-23(18-40-25)27(36)33-41(39)22-14-12-21(30)13-15-22;1-3-2/h12-15,18-20,24,26H,6-11,16-17,30H2,1-5H3,(H,32,37)(H,33,36);3H2,1-2H3. The highest BCUT2D eigenvalue weighted by molar-refractivity contribution is 7.83. The fraction of sp³-hybridized carbons (Fsp3) is 0.625. The zero-order chi connectivity index (χ0) is 32.8. The third kappa shape index (κ3) is 11.3. The van der Waals surface area contributed by atoms with Crippen LogP contribution in [0, 0.1) is 5.92 Å². The lowest BCUT2D eigenvalue weighted by atomic mass is 9.95. The van der Waals surface area contributed by atoms with E-state index in [-0.39, 0.29) is 35.5 Å². The summed E-state index contributed by atoms with van der Waals surface area (Å²) in [5.74, 6) is -0.666. The quantitative estimate of drug-likeness (QED) is 0.266. The summed E-state index contributed by atoms with van der Waals surface area (Å²) in [6.45, 7) is 13.9. The lowest BCUT2D eigenvalue weighted by molar-refractivity contribution is -0.139. The predicted octanol–water partition coefficient (Wildman–Crippen LogP) is 4.78. The largest absolute Gasteiger partial charge is 0.399 e. The third-order valence-electron chi connectivity index (χ3n) is 7.61. The number of rotatable bonds is 13. The molecule has 1 aromatic carbocycles. The first kappa shape index (κ1) is 37.4. The van der Waals surface area contributed by atoms with Crippen LogP contribution in [0.4, 0.5) is 5.69 Å². The summed E-state index contributed by atoms with van der Waals surface area (Å²) < 4.78 is 14.9. The molecule has 4 N–H and O–H groups in total. The molecule has 1 aliphatic rings.